The van der Waals surface area contributed by atoms with Crippen molar-refractivity contribution in [3.63, 3.8) is 0 Å². The smallest absolute Gasteiger partial charge is 0.355 e. The molecule has 0 N–H and O–H groups in total. The Hall–Kier alpha value is -3.15. The van der Waals surface area contributed by atoms with E-state index in [1.165, 1.54) is 7.11 Å². The average Bonchev–Trinajstić information content (AvgIpc) is 3.55. The summed E-state index contributed by atoms with van der Waals surface area (Å²) in [6, 6.07) is 9.98. The summed E-state index contributed by atoms with van der Waals surface area (Å²) in [4.78, 5) is 30.0. The van der Waals surface area contributed by atoms with E-state index in [-0.39, 0.29) is 11.9 Å². The number of fused-ring (bicyclic) bond motifs is 1. The molecule has 0 saturated heterocycles. The predicted molar refractivity (Wildman–Crippen MR) is 132 cm³/mol. The predicted octanol–water partition coefficient (Wildman–Crippen LogP) is 5.90. The first kappa shape index (κ1) is 24.0. The molecule has 2 heterocycles. The quantitative estimate of drug-likeness (QED) is 0.409. The maximum absolute atomic E-state index is 12.9. The third-order valence-electron chi connectivity index (χ3n) is 5.94. The molecule has 3 aromatic rings. The van der Waals surface area contributed by atoms with Gasteiger partial charge < -0.3 is 14.0 Å². The molecule has 1 aliphatic carbocycles. The van der Waals surface area contributed by atoms with Crippen molar-refractivity contribution < 1.29 is 19.1 Å². The number of rotatable bonds is 7. The van der Waals surface area contributed by atoms with Crippen molar-refractivity contribution in [3.05, 3.63) is 64.6 Å². The number of methoxy groups -OCH3 is 1. The van der Waals surface area contributed by atoms with Crippen LogP contribution in [-0.2, 0) is 22.4 Å². The normalized spacial score (nSPS) is 14.0. The number of esters is 2. The Labute approximate surface area is 201 Å². The van der Waals surface area contributed by atoms with Crippen molar-refractivity contribution in [1.82, 2.24) is 9.55 Å². The molecule has 0 unspecified atom stereocenters. The number of hydrogen-bond acceptors (Lipinski definition) is 5. The maximum atomic E-state index is 12.9. The van der Waals surface area contributed by atoms with Gasteiger partial charge in [0.1, 0.15) is 11.3 Å². The van der Waals surface area contributed by atoms with Gasteiger partial charge in [-0.15, -0.1) is 0 Å². The molecule has 6 nitrogen and oxygen atoms in total. The van der Waals surface area contributed by atoms with Crippen molar-refractivity contribution >= 4 is 22.8 Å². The van der Waals surface area contributed by atoms with E-state index in [1.54, 1.807) is 0 Å². The van der Waals surface area contributed by atoms with Crippen molar-refractivity contribution in [3.8, 4) is 0 Å². The van der Waals surface area contributed by atoms with Crippen molar-refractivity contribution in [2.45, 2.75) is 71.9 Å². The van der Waals surface area contributed by atoms with Crippen molar-refractivity contribution in [2.24, 2.45) is 5.92 Å². The second-order valence-corrected chi connectivity index (χ2v) is 10.6. The van der Waals surface area contributed by atoms with Crippen LogP contribution in [0.3, 0.4) is 0 Å². The Morgan fingerprint density at radius 1 is 1.12 bits per heavy atom. The highest BCUT2D eigenvalue weighted by molar-refractivity contribution is 5.96. The van der Waals surface area contributed by atoms with Gasteiger partial charge in [0.05, 0.1) is 18.4 Å². The number of carbonyl (C=O) groups excluding carboxylic acids is 2. The first-order valence-electron chi connectivity index (χ1n) is 12.0. The Morgan fingerprint density at radius 2 is 1.85 bits per heavy atom. The zero-order valence-corrected chi connectivity index (χ0v) is 21.0. The molecule has 4 rings (SSSR count). The largest absolute Gasteiger partial charge is 0.465 e. The third kappa shape index (κ3) is 5.32. The SMILES string of the molecule is COC(=O)c1cc(C2CC2)cnc1Cc1ccc2c(c1)cc(C(=O)OC(C)(C)C)n2CC(C)C. The lowest BCUT2D eigenvalue weighted by Crippen LogP contribution is -2.25. The molecule has 1 aromatic carbocycles. The van der Waals surface area contributed by atoms with Gasteiger partial charge in [-0.1, -0.05) is 19.9 Å². The van der Waals surface area contributed by atoms with E-state index in [4.69, 9.17) is 9.47 Å². The summed E-state index contributed by atoms with van der Waals surface area (Å²) in [5.41, 5.74) is 4.32. The minimum Gasteiger partial charge on any atom is -0.465 e. The number of hydrogen-bond donors (Lipinski definition) is 0. The Kier molecular flexibility index (Phi) is 6.52. The van der Waals surface area contributed by atoms with Gasteiger partial charge in [-0.25, -0.2) is 9.59 Å². The molecule has 180 valence electrons. The van der Waals surface area contributed by atoms with E-state index in [0.29, 0.717) is 41.8 Å². The van der Waals surface area contributed by atoms with Crippen LogP contribution in [0.5, 0.6) is 0 Å². The topological polar surface area (TPSA) is 70.4 Å². The number of nitrogens with zero attached hydrogens (tertiary/aromatic N) is 2. The van der Waals surface area contributed by atoms with Gasteiger partial charge in [-0.3, -0.25) is 4.98 Å². The molecule has 0 amide bonds. The van der Waals surface area contributed by atoms with Crippen LogP contribution in [0.25, 0.3) is 10.9 Å². The number of carbonyl (C=O) groups is 2. The van der Waals surface area contributed by atoms with Crippen LogP contribution < -0.4 is 0 Å². The first-order chi connectivity index (χ1) is 16.1. The molecule has 34 heavy (non-hydrogen) atoms. The summed E-state index contributed by atoms with van der Waals surface area (Å²) >= 11 is 0. The van der Waals surface area contributed by atoms with E-state index >= 15 is 0 Å². The van der Waals surface area contributed by atoms with E-state index in [1.807, 2.05) is 55.8 Å². The molecular weight excluding hydrogens is 428 g/mol. The van der Waals surface area contributed by atoms with Gasteiger partial charge in [-0.2, -0.15) is 0 Å². The van der Waals surface area contributed by atoms with E-state index < -0.39 is 5.60 Å². The van der Waals surface area contributed by atoms with Gasteiger partial charge in [0.2, 0.25) is 0 Å². The molecule has 0 spiro atoms. The van der Waals surface area contributed by atoms with Crippen LogP contribution in [-0.4, -0.2) is 34.2 Å². The van der Waals surface area contributed by atoms with Crippen LogP contribution in [0, 0.1) is 5.92 Å². The molecule has 6 heteroatoms. The molecular formula is C28H34N2O4. The van der Waals surface area contributed by atoms with Gasteiger partial charge in [0.15, 0.2) is 0 Å². The van der Waals surface area contributed by atoms with Crippen LogP contribution in [0.1, 0.15) is 91.0 Å². The molecule has 0 bridgehead atoms. The number of aromatic nitrogens is 2. The van der Waals surface area contributed by atoms with E-state index in [2.05, 4.69) is 24.9 Å². The third-order valence-corrected chi connectivity index (χ3v) is 5.94. The standard InChI is InChI=1S/C28H34N2O4/c1-17(2)16-30-24-10-7-18(11-20(24)14-25(30)27(32)34-28(3,4)5)12-23-22(26(31)33-6)13-21(15-29-23)19-8-9-19/h7,10-11,13-15,17,19H,8-9,12,16H2,1-6H3. The maximum Gasteiger partial charge on any atom is 0.355 e. The molecule has 1 saturated carbocycles. The number of ether oxygens (including phenoxy) is 2. The van der Waals surface area contributed by atoms with Gasteiger partial charge in [0, 0.05) is 30.1 Å². The van der Waals surface area contributed by atoms with Gasteiger partial charge >= 0.3 is 11.9 Å². The zero-order chi connectivity index (χ0) is 24.6. The minimum atomic E-state index is -0.566. The van der Waals surface area contributed by atoms with Crippen LogP contribution in [0.4, 0.5) is 0 Å². The summed E-state index contributed by atoms with van der Waals surface area (Å²) in [7, 11) is 1.40. The number of benzene rings is 1. The van der Waals surface area contributed by atoms with E-state index in [9.17, 15) is 9.59 Å². The first-order valence-corrected chi connectivity index (χ1v) is 12.0. The summed E-state index contributed by atoms with van der Waals surface area (Å²) in [5.74, 6) is 0.194. The van der Waals surface area contributed by atoms with Crippen LogP contribution >= 0.6 is 0 Å². The number of pyridine rings is 1. The monoisotopic (exact) mass is 462 g/mol. The minimum absolute atomic E-state index is 0.323. The van der Waals surface area contributed by atoms with Crippen molar-refractivity contribution in [1.29, 1.82) is 0 Å². The lowest BCUT2D eigenvalue weighted by molar-refractivity contribution is 0.00574. The molecule has 1 fully saturated rings. The van der Waals surface area contributed by atoms with Crippen molar-refractivity contribution in [2.75, 3.05) is 7.11 Å². The van der Waals surface area contributed by atoms with Gasteiger partial charge in [-0.05, 0) is 80.8 Å². The second-order valence-electron chi connectivity index (χ2n) is 10.6. The Bertz CT molecular complexity index is 1230. The summed E-state index contributed by atoms with van der Waals surface area (Å²) in [6.07, 6.45) is 4.68. The Balaban J connectivity index is 1.70. The highest BCUT2D eigenvalue weighted by Crippen LogP contribution is 2.40. The zero-order valence-electron chi connectivity index (χ0n) is 21.0. The average molecular weight is 463 g/mol. The summed E-state index contributed by atoms with van der Waals surface area (Å²) < 4.78 is 12.7. The lowest BCUT2D eigenvalue weighted by atomic mass is 10.0. The molecule has 0 radical (unpaired) electrons. The highest BCUT2D eigenvalue weighted by atomic mass is 16.6. The fourth-order valence-electron chi connectivity index (χ4n) is 4.26. The van der Waals surface area contributed by atoms with Crippen LogP contribution in [0.15, 0.2) is 36.5 Å². The second kappa shape index (κ2) is 9.24. The lowest BCUT2D eigenvalue weighted by Gasteiger charge is -2.20. The molecule has 0 atom stereocenters. The molecule has 2 aromatic heterocycles. The molecule has 0 aliphatic heterocycles. The highest BCUT2D eigenvalue weighted by Gasteiger charge is 2.27. The summed E-state index contributed by atoms with van der Waals surface area (Å²) in [6.45, 7) is 10.6. The Morgan fingerprint density at radius 3 is 2.47 bits per heavy atom. The fourth-order valence-corrected chi connectivity index (χ4v) is 4.26. The molecule has 1 aliphatic rings. The van der Waals surface area contributed by atoms with E-state index in [0.717, 1.165) is 34.9 Å². The van der Waals surface area contributed by atoms with Crippen LogP contribution in [0.2, 0.25) is 0 Å². The summed E-state index contributed by atoms with van der Waals surface area (Å²) in [5, 5.41) is 0.966. The van der Waals surface area contributed by atoms with Gasteiger partial charge in [0.25, 0.3) is 0 Å². The fraction of sp³-hybridized carbons (Fsp3) is 0.464.